The van der Waals surface area contributed by atoms with Crippen LogP contribution >= 0.6 is 0 Å². The number of hydrogen-bond acceptors (Lipinski definition) is 2. The van der Waals surface area contributed by atoms with Gasteiger partial charge >= 0.3 is 0 Å². The van der Waals surface area contributed by atoms with Crippen molar-refractivity contribution >= 4 is 49.8 Å². The van der Waals surface area contributed by atoms with Crippen LogP contribution in [0.4, 0.5) is 17.1 Å². The monoisotopic (exact) mass is 675 g/mol. The zero-order valence-electron chi connectivity index (χ0n) is 30.4. The molecule has 9 rings (SSSR count). The summed E-state index contributed by atoms with van der Waals surface area (Å²) in [6.45, 7) is 6.89. The molecule has 0 amide bonds. The topological polar surface area (TPSA) is 16.4 Å². The minimum absolute atomic E-state index is 0.00209. The van der Waals surface area contributed by atoms with Gasteiger partial charge in [0.15, 0.2) is 0 Å². The van der Waals surface area contributed by atoms with E-state index < -0.39 is 0 Å². The Morgan fingerprint density at radius 1 is 0.538 bits per heavy atom. The third-order valence-electron chi connectivity index (χ3n) is 11.2. The lowest BCUT2D eigenvalue weighted by Crippen LogP contribution is -2.15. The Balaban J connectivity index is 1.34. The van der Waals surface area contributed by atoms with Gasteiger partial charge in [-0.3, -0.25) is 0 Å². The van der Waals surface area contributed by atoms with Crippen LogP contribution in [0.3, 0.4) is 0 Å². The van der Waals surface area contributed by atoms with Gasteiger partial charge in [-0.05, 0) is 99.7 Å². The molecule has 1 fully saturated rings. The third-order valence-corrected chi connectivity index (χ3v) is 11.2. The van der Waals surface area contributed by atoms with Crippen LogP contribution in [0.1, 0.15) is 69.9 Å². The summed E-state index contributed by atoms with van der Waals surface area (Å²) >= 11 is 0. The van der Waals surface area contributed by atoms with E-state index in [1.165, 1.54) is 76.3 Å². The zero-order valence-corrected chi connectivity index (χ0v) is 30.4. The smallest absolute Gasteiger partial charge is 0.135 e. The third kappa shape index (κ3) is 5.77. The van der Waals surface area contributed by atoms with Crippen molar-refractivity contribution in [1.29, 1.82) is 0 Å². The predicted molar refractivity (Wildman–Crippen MR) is 221 cm³/mol. The van der Waals surface area contributed by atoms with Gasteiger partial charge in [-0.1, -0.05) is 149 Å². The van der Waals surface area contributed by atoms with Crippen LogP contribution in [-0.4, -0.2) is 0 Å². The summed E-state index contributed by atoms with van der Waals surface area (Å²) < 4.78 is 6.34. The van der Waals surface area contributed by atoms with Gasteiger partial charge < -0.3 is 9.32 Å². The van der Waals surface area contributed by atoms with Gasteiger partial charge in [0.1, 0.15) is 11.2 Å². The Morgan fingerprint density at radius 3 is 2.06 bits per heavy atom. The van der Waals surface area contributed by atoms with Gasteiger partial charge in [-0.25, -0.2) is 0 Å². The maximum absolute atomic E-state index is 6.34. The Labute approximate surface area is 307 Å². The molecule has 1 aliphatic carbocycles. The normalized spacial score (nSPS) is 14.0. The Bertz CT molecular complexity index is 2540. The van der Waals surface area contributed by atoms with Crippen molar-refractivity contribution < 1.29 is 4.42 Å². The van der Waals surface area contributed by atoms with Crippen molar-refractivity contribution in [1.82, 2.24) is 0 Å². The van der Waals surface area contributed by atoms with Crippen LogP contribution in [0.15, 0.2) is 156 Å². The van der Waals surface area contributed by atoms with Crippen molar-refractivity contribution in [2.24, 2.45) is 0 Å². The summed E-state index contributed by atoms with van der Waals surface area (Å²) in [5, 5.41) is 4.96. The fourth-order valence-electron chi connectivity index (χ4n) is 8.55. The van der Waals surface area contributed by atoms with Gasteiger partial charge in [0.25, 0.3) is 0 Å². The minimum atomic E-state index is -0.00209. The van der Waals surface area contributed by atoms with Gasteiger partial charge in [0.05, 0.1) is 11.4 Å². The lowest BCUT2D eigenvalue weighted by molar-refractivity contribution is 0.445. The second-order valence-electron chi connectivity index (χ2n) is 15.6. The highest BCUT2D eigenvalue weighted by atomic mass is 16.3. The fourth-order valence-corrected chi connectivity index (χ4v) is 8.55. The van der Waals surface area contributed by atoms with Crippen molar-refractivity contribution in [3.63, 3.8) is 0 Å². The Morgan fingerprint density at radius 2 is 1.23 bits per heavy atom. The van der Waals surface area contributed by atoms with E-state index >= 15 is 0 Å². The van der Waals surface area contributed by atoms with E-state index in [-0.39, 0.29) is 5.41 Å². The van der Waals surface area contributed by atoms with Gasteiger partial charge in [-0.15, -0.1) is 0 Å². The largest absolute Gasteiger partial charge is 0.456 e. The first kappa shape index (κ1) is 32.3. The van der Waals surface area contributed by atoms with Crippen LogP contribution in [0.5, 0.6) is 0 Å². The summed E-state index contributed by atoms with van der Waals surface area (Å²) in [4.78, 5) is 2.49. The second-order valence-corrected chi connectivity index (χ2v) is 15.6. The second kappa shape index (κ2) is 13.2. The van der Waals surface area contributed by atoms with Crippen LogP contribution in [0.25, 0.3) is 55.0 Å². The van der Waals surface area contributed by atoms with Gasteiger partial charge in [-0.2, -0.15) is 0 Å². The molecule has 1 aliphatic rings. The van der Waals surface area contributed by atoms with Crippen molar-refractivity contribution in [2.45, 2.75) is 64.2 Å². The number of benzene rings is 7. The highest BCUT2D eigenvalue weighted by Gasteiger charge is 2.26. The number of rotatable bonds is 6. The number of hydrogen-bond donors (Lipinski definition) is 0. The Hall–Kier alpha value is -5.60. The average molecular weight is 676 g/mol. The van der Waals surface area contributed by atoms with Gasteiger partial charge in [0.2, 0.25) is 0 Å². The predicted octanol–water partition coefficient (Wildman–Crippen LogP) is 14.9. The molecule has 1 saturated carbocycles. The van der Waals surface area contributed by atoms with Crippen molar-refractivity contribution in [3.8, 4) is 22.3 Å². The maximum Gasteiger partial charge on any atom is 0.135 e. The molecule has 0 radical (unpaired) electrons. The molecule has 2 heteroatoms. The lowest BCUT2D eigenvalue weighted by Gasteiger charge is -2.32. The van der Waals surface area contributed by atoms with Crippen LogP contribution in [0.2, 0.25) is 0 Å². The van der Waals surface area contributed by atoms with Crippen LogP contribution < -0.4 is 4.90 Å². The first-order chi connectivity index (χ1) is 25.4. The number of fused-ring (bicyclic) bond motifs is 4. The molecule has 0 spiro atoms. The molecular formula is C50H45NO. The van der Waals surface area contributed by atoms with Gasteiger partial charge in [0, 0.05) is 27.6 Å². The molecule has 1 aromatic heterocycles. The molecule has 0 unspecified atom stereocenters. The molecule has 0 atom stereocenters. The molecule has 1 heterocycles. The van der Waals surface area contributed by atoms with Crippen LogP contribution in [0, 0.1) is 0 Å². The standard InChI is InChI=1S/C50H45NO/c1-50(2,3)37-28-30-46(43(32-37)35-18-8-5-9-19-35)51(38-29-31-48-44(33-38)41-23-11-13-27-47(41)52-48)45-26-12-10-22-40(45)42-25-15-21-36-20-14-24-39(49(36)42)34-16-6-4-7-17-34/h5,8-15,18-34H,4,6-7,16-17H2,1-3H3. The molecule has 256 valence electrons. The Kier molecular flexibility index (Phi) is 8.19. The number of nitrogens with zero attached hydrogens (tertiary/aromatic N) is 1. The number of anilines is 3. The molecule has 0 N–H and O–H groups in total. The lowest BCUT2D eigenvalue weighted by atomic mass is 9.80. The summed E-state index contributed by atoms with van der Waals surface area (Å²) in [7, 11) is 0. The maximum atomic E-state index is 6.34. The molecule has 0 saturated heterocycles. The first-order valence-electron chi connectivity index (χ1n) is 19.0. The van der Waals surface area contributed by atoms with E-state index in [4.69, 9.17) is 4.42 Å². The summed E-state index contributed by atoms with van der Waals surface area (Å²) in [5.74, 6) is 0.591. The molecule has 7 aromatic carbocycles. The highest BCUT2D eigenvalue weighted by molar-refractivity contribution is 6.08. The van der Waals surface area contributed by atoms with E-state index in [0.717, 1.165) is 39.0 Å². The first-order valence-corrected chi connectivity index (χ1v) is 19.0. The summed E-state index contributed by atoms with van der Waals surface area (Å²) in [6, 6.07) is 55.9. The van der Waals surface area contributed by atoms with E-state index in [0.29, 0.717) is 5.92 Å². The number of furan rings is 1. The average Bonchev–Trinajstić information content (AvgIpc) is 3.56. The van der Waals surface area contributed by atoms with E-state index in [9.17, 15) is 0 Å². The number of para-hydroxylation sites is 2. The van der Waals surface area contributed by atoms with E-state index in [1.54, 1.807) is 0 Å². The summed E-state index contributed by atoms with van der Waals surface area (Å²) in [6.07, 6.45) is 6.50. The quantitative estimate of drug-likeness (QED) is 0.174. The molecule has 52 heavy (non-hydrogen) atoms. The van der Waals surface area contributed by atoms with Crippen molar-refractivity contribution in [3.05, 3.63) is 163 Å². The zero-order chi connectivity index (χ0) is 35.2. The van der Waals surface area contributed by atoms with Crippen LogP contribution in [-0.2, 0) is 5.41 Å². The van der Waals surface area contributed by atoms with E-state index in [2.05, 4.69) is 171 Å². The molecule has 0 aliphatic heterocycles. The molecule has 8 aromatic rings. The fraction of sp³-hybridized carbons (Fsp3) is 0.200. The molecule has 2 nitrogen and oxygen atoms in total. The molecular weight excluding hydrogens is 631 g/mol. The van der Waals surface area contributed by atoms with E-state index in [1.807, 2.05) is 6.07 Å². The molecule has 0 bridgehead atoms. The van der Waals surface area contributed by atoms with Crippen molar-refractivity contribution in [2.75, 3.05) is 4.90 Å². The highest BCUT2D eigenvalue weighted by Crippen LogP contribution is 2.49. The minimum Gasteiger partial charge on any atom is -0.456 e. The SMILES string of the molecule is CC(C)(C)c1ccc(N(c2ccc3oc4ccccc4c3c2)c2ccccc2-c2cccc3cccc(C4CCCCC4)c23)c(-c2ccccc2)c1. The summed E-state index contributed by atoms with van der Waals surface area (Å²) in [5.41, 5.74) is 12.9.